The first-order valence-corrected chi connectivity index (χ1v) is 8.50. The highest BCUT2D eigenvalue weighted by molar-refractivity contribution is 7.89. The second-order valence-electron chi connectivity index (χ2n) is 6.05. The number of piperidine rings is 1. The van der Waals surface area contributed by atoms with Gasteiger partial charge >= 0.3 is 0 Å². The van der Waals surface area contributed by atoms with Crippen LogP contribution in [0.15, 0.2) is 11.1 Å². The SMILES string of the molecule is Cc1cc(S(=O)(=O)N2CCCC(C3(O)CC3)C2)n(C)n1. The molecule has 0 spiro atoms. The summed E-state index contributed by atoms with van der Waals surface area (Å²) in [6.45, 7) is 2.73. The first-order valence-electron chi connectivity index (χ1n) is 7.06. The smallest absolute Gasteiger partial charge is 0.260 e. The van der Waals surface area contributed by atoms with Crippen LogP contribution in [0.1, 0.15) is 31.4 Å². The zero-order chi connectivity index (χ0) is 14.5. The highest BCUT2D eigenvalue weighted by Gasteiger charge is 2.50. The Morgan fingerprint density at radius 2 is 2.15 bits per heavy atom. The average Bonchev–Trinajstić information content (AvgIpc) is 3.06. The van der Waals surface area contributed by atoms with E-state index in [1.54, 1.807) is 20.0 Å². The molecule has 2 aliphatic rings. The van der Waals surface area contributed by atoms with Gasteiger partial charge in [-0.1, -0.05) is 0 Å². The molecule has 7 heteroatoms. The minimum atomic E-state index is -3.51. The molecule has 3 rings (SSSR count). The summed E-state index contributed by atoms with van der Waals surface area (Å²) >= 11 is 0. The molecule has 2 fully saturated rings. The molecule has 1 aromatic rings. The van der Waals surface area contributed by atoms with Crippen LogP contribution in [0.3, 0.4) is 0 Å². The molecule has 1 saturated carbocycles. The highest BCUT2D eigenvalue weighted by Crippen LogP contribution is 2.46. The van der Waals surface area contributed by atoms with Gasteiger partial charge in [0.1, 0.15) is 0 Å². The van der Waals surface area contributed by atoms with Crippen molar-refractivity contribution in [1.29, 1.82) is 0 Å². The van der Waals surface area contributed by atoms with Crippen LogP contribution in [-0.2, 0) is 17.1 Å². The standard InChI is InChI=1S/C13H21N3O3S/c1-10-8-12(15(2)14-10)20(18,19)16-7-3-4-11(9-16)13(17)5-6-13/h8,11,17H,3-7,9H2,1-2H3. The fourth-order valence-electron chi connectivity index (χ4n) is 3.10. The van der Waals surface area contributed by atoms with E-state index in [1.807, 2.05) is 0 Å². The first-order chi connectivity index (χ1) is 9.33. The monoisotopic (exact) mass is 299 g/mol. The number of nitrogens with zero attached hydrogens (tertiary/aromatic N) is 3. The molecule has 1 N–H and O–H groups in total. The van der Waals surface area contributed by atoms with Crippen molar-refractivity contribution in [2.45, 2.75) is 43.2 Å². The highest BCUT2D eigenvalue weighted by atomic mass is 32.2. The molecule has 1 aliphatic heterocycles. The molecule has 112 valence electrons. The molecule has 1 saturated heterocycles. The molecule has 1 aromatic heterocycles. The Kier molecular flexibility index (Phi) is 3.19. The van der Waals surface area contributed by atoms with Gasteiger partial charge in [0.05, 0.1) is 11.3 Å². The number of aliphatic hydroxyl groups is 1. The van der Waals surface area contributed by atoms with E-state index < -0.39 is 15.6 Å². The fourth-order valence-corrected chi connectivity index (χ4v) is 4.80. The Morgan fingerprint density at radius 1 is 1.45 bits per heavy atom. The van der Waals surface area contributed by atoms with Crippen molar-refractivity contribution in [3.05, 3.63) is 11.8 Å². The number of sulfonamides is 1. The van der Waals surface area contributed by atoms with Gasteiger partial charge in [0, 0.05) is 26.1 Å². The summed E-state index contributed by atoms with van der Waals surface area (Å²) in [5, 5.41) is 14.6. The molecule has 0 amide bonds. The Balaban J connectivity index is 1.85. The molecular formula is C13H21N3O3S. The van der Waals surface area contributed by atoms with Crippen molar-refractivity contribution in [3.63, 3.8) is 0 Å². The lowest BCUT2D eigenvalue weighted by molar-refractivity contribution is 0.0514. The van der Waals surface area contributed by atoms with Crippen LogP contribution in [-0.4, -0.2) is 46.3 Å². The van der Waals surface area contributed by atoms with Gasteiger partial charge in [-0.05, 0) is 38.7 Å². The molecule has 1 atom stereocenters. The van der Waals surface area contributed by atoms with Crippen molar-refractivity contribution < 1.29 is 13.5 Å². The van der Waals surface area contributed by atoms with Crippen molar-refractivity contribution in [3.8, 4) is 0 Å². The maximum absolute atomic E-state index is 12.7. The van der Waals surface area contributed by atoms with Crippen molar-refractivity contribution in [2.75, 3.05) is 13.1 Å². The normalized spacial score (nSPS) is 26.6. The van der Waals surface area contributed by atoms with Gasteiger partial charge in [0.25, 0.3) is 10.0 Å². The lowest BCUT2D eigenvalue weighted by Gasteiger charge is -2.34. The Morgan fingerprint density at radius 3 is 2.70 bits per heavy atom. The summed E-state index contributed by atoms with van der Waals surface area (Å²) in [7, 11) is -1.87. The summed E-state index contributed by atoms with van der Waals surface area (Å²) in [5.41, 5.74) is 0.0803. The van der Waals surface area contributed by atoms with Gasteiger partial charge in [-0.3, -0.25) is 4.68 Å². The van der Waals surface area contributed by atoms with Crippen LogP contribution in [0, 0.1) is 12.8 Å². The lowest BCUT2D eigenvalue weighted by atomic mass is 9.92. The van der Waals surface area contributed by atoms with Crippen molar-refractivity contribution >= 4 is 10.0 Å². The third-order valence-corrected chi connectivity index (χ3v) is 6.39. The molecule has 20 heavy (non-hydrogen) atoms. The minimum Gasteiger partial charge on any atom is -0.390 e. The van der Waals surface area contributed by atoms with Gasteiger partial charge < -0.3 is 5.11 Å². The van der Waals surface area contributed by atoms with Crippen molar-refractivity contribution in [2.24, 2.45) is 13.0 Å². The maximum atomic E-state index is 12.7. The molecule has 1 aliphatic carbocycles. The van der Waals surface area contributed by atoms with Crippen LogP contribution in [0.2, 0.25) is 0 Å². The summed E-state index contributed by atoms with van der Waals surface area (Å²) in [6.07, 6.45) is 3.32. The first kappa shape index (κ1) is 14.0. The van der Waals surface area contributed by atoms with Gasteiger partial charge in [0.2, 0.25) is 0 Å². The Bertz CT molecular complexity index is 619. The Labute approximate surface area is 119 Å². The second kappa shape index (κ2) is 4.54. The quantitative estimate of drug-likeness (QED) is 0.889. The van der Waals surface area contributed by atoms with E-state index in [-0.39, 0.29) is 10.9 Å². The van der Waals surface area contributed by atoms with Gasteiger partial charge in [0.15, 0.2) is 5.03 Å². The molecule has 2 heterocycles. The van der Waals surface area contributed by atoms with Crippen LogP contribution >= 0.6 is 0 Å². The third-order valence-electron chi connectivity index (χ3n) is 4.47. The van der Waals surface area contributed by atoms with Gasteiger partial charge in [-0.15, -0.1) is 0 Å². The molecule has 6 nitrogen and oxygen atoms in total. The summed E-state index contributed by atoms with van der Waals surface area (Å²) in [4.78, 5) is 0. The van der Waals surface area contributed by atoms with Crippen LogP contribution < -0.4 is 0 Å². The maximum Gasteiger partial charge on any atom is 0.260 e. The summed E-state index contributed by atoms with van der Waals surface area (Å²) < 4.78 is 28.3. The van der Waals surface area contributed by atoms with E-state index in [2.05, 4.69) is 5.10 Å². The van der Waals surface area contributed by atoms with Crippen LogP contribution in [0.4, 0.5) is 0 Å². The molecule has 0 aromatic carbocycles. The third kappa shape index (κ3) is 2.27. The molecule has 1 unspecified atom stereocenters. The number of rotatable bonds is 3. The number of aromatic nitrogens is 2. The van der Waals surface area contributed by atoms with E-state index in [1.165, 1.54) is 8.99 Å². The average molecular weight is 299 g/mol. The predicted octanol–water partition coefficient (Wildman–Crippen LogP) is 0.654. The second-order valence-corrected chi connectivity index (χ2v) is 7.94. The number of hydrogen-bond donors (Lipinski definition) is 1. The molecule has 0 bridgehead atoms. The number of aryl methyl sites for hydroxylation is 2. The lowest BCUT2D eigenvalue weighted by Crippen LogP contribution is -2.44. The van der Waals surface area contributed by atoms with E-state index in [0.717, 1.165) is 25.7 Å². The molecule has 0 radical (unpaired) electrons. The minimum absolute atomic E-state index is 0.0698. The van der Waals surface area contributed by atoms with E-state index in [4.69, 9.17) is 0 Å². The van der Waals surface area contributed by atoms with E-state index in [9.17, 15) is 13.5 Å². The topological polar surface area (TPSA) is 75.4 Å². The van der Waals surface area contributed by atoms with Gasteiger partial charge in [-0.25, -0.2) is 8.42 Å². The predicted molar refractivity (Wildman–Crippen MR) is 73.6 cm³/mol. The Hall–Kier alpha value is -0.920. The largest absolute Gasteiger partial charge is 0.390 e. The van der Waals surface area contributed by atoms with E-state index >= 15 is 0 Å². The van der Waals surface area contributed by atoms with Gasteiger partial charge in [-0.2, -0.15) is 9.40 Å². The zero-order valence-electron chi connectivity index (χ0n) is 11.9. The molecular weight excluding hydrogens is 278 g/mol. The summed E-state index contributed by atoms with van der Waals surface area (Å²) in [6, 6.07) is 1.60. The van der Waals surface area contributed by atoms with Crippen LogP contribution in [0.25, 0.3) is 0 Å². The summed E-state index contributed by atoms with van der Waals surface area (Å²) in [5.74, 6) is 0.0698. The van der Waals surface area contributed by atoms with Crippen LogP contribution in [0.5, 0.6) is 0 Å². The zero-order valence-corrected chi connectivity index (χ0v) is 12.7. The van der Waals surface area contributed by atoms with E-state index in [0.29, 0.717) is 18.8 Å². The van der Waals surface area contributed by atoms with Crippen molar-refractivity contribution in [1.82, 2.24) is 14.1 Å². The number of hydrogen-bond acceptors (Lipinski definition) is 4. The fraction of sp³-hybridized carbons (Fsp3) is 0.769.